The standard InChI is InChI=1S/C107H176O16P2/c1-4-7-10-13-16-19-22-25-28-31-34-37-40-43-46-47-48-49-50-51-52-53-56-58-60-63-66-69-72-75-78-81-84-87-90-93-105(110)117-96-102(108)97-119-124(113,114)120-98-103(109)99-121-125(115,116)122-101-104(123-107(112)95-92-89-86-83-80-77-74-71-68-65-62-59-55-45-42-39-36-33-30-27-24-21-18-15-12-9-6-3)100-118-106(111)94-91-88-85-82-79-76-73-70-67-64-61-57-54-44-41-38-35-32-29-26-23-20-17-14-11-8-5-2/h7-12,16-21,25-30,34-39,43-46,48-49,54-55,61-62,64-65,102-104,108-109H,4-6,13-15,22-24,31-33,40-42,47,50-53,56-60,63,66-101H2,1-3H3,(H,113,114)(H,115,116)/b10-7-,11-8-,12-9-,19-16-,20-17-,21-18-,28-25-,29-26-,30-27-,37-34-,38-35-,39-36-,46-43-,49-48-,54-44-,55-45-,64-61-,65-62-. The van der Waals surface area contributed by atoms with Crippen LogP contribution in [0.5, 0.6) is 0 Å². The van der Waals surface area contributed by atoms with Gasteiger partial charge in [0.2, 0.25) is 0 Å². The number of phosphoric acid groups is 2. The second kappa shape index (κ2) is 96.9. The quantitative estimate of drug-likeness (QED) is 0.0146. The molecule has 0 saturated carbocycles. The van der Waals surface area contributed by atoms with Gasteiger partial charge in [0.15, 0.2) is 6.10 Å². The number of aliphatic hydroxyl groups is 2. The Labute approximate surface area is 762 Å². The molecule has 0 heterocycles. The lowest BCUT2D eigenvalue weighted by atomic mass is 10.0. The summed E-state index contributed by atoms with van der Waals surface area (Å²) in [5, 5.41) is 20.8. The van der Waals surface area contributed by atoms with Crippen molar-refractivity contribution in [3.63, 3.8) is 0 Å². The molecule has 710 valence electrons. The van der Waals surface area contributed by atoms with Crippen molar-refractivity contribution in [3.8, 4) is 0 Å². The molecule has 0 amide bonds. The van der Waals surface area contributed by atoms with Crippen molar-refractivity contribution in [1.82, 2.24) is 0 Å². The monoisotopic (exact) mass is 1780 g/mol. The molecule has 18 heteroatoms. The molecule has 125 heavy (non-hydrogen) atoms. The van der Waals surface area contributed by atoms with Gasteiger partial charge in [0.1, 0.15) is 25.4 Å². The smallest absolute Gasteiger partial charge is 0.463 e. The molecule has 0 radical (unpaired) electrons. The van der Waals surface area contributed by atoms with E-state index >= 15 is 0 Å². The summed E-state index contributed by atoms with van der Waals surface area (Å²) in [6.45, 7) is 2.35. The topological polar surface area (TPSA) is 231 Å². The predicted molar refractivity (Wildman–Crippen MR) is 527 cm³/mol. The first-order valence-electron chi connectivity index (χ1n) is 49.0. The van der Waals surface area contributed by atoms with Gasteiger partial charge in [-0.1, -0.05) is 406 Å². The average molecular weight is 1780 g/mol. The number of hydrogen-bond donors (Lipinski definition) is 4. The number of hydrogen-bond acceptors (Lipinski definition) is 14. The van der Waals surface area contributed by atoms with Crippen molar-refractivity contribution in [2.24, 2.45) is 0 Å². The zero-order chi connectivity index (χ0) is 90.7. The van der Waals surface area contributed by atoms with E-state index in [1.165, 1.54) is 89.9 Å². The maximum Gasteiger partial charge on any atom is 0.472 e. The Hall–Kier alpha value is -6.13. The lowest BCUT2D eigenvalue weighted by Crippen LogP contribution is -2.30. The minimum Gasteiger partial charge on any atom is -0.463 e. The molecular weight excluding hydrogens is 1600 g/mol. The zero-order valence-corrected chi connectivity index (χ0v) is 80.2. The van der Waals surface area contributed by atoms with Crippen LogP contribution in [0, 0.1) is 0 Å². The molecule has 5 atom stereocenters. The third-order valence-corrected chi connectivity index (χ3v) is 22.1. The second-order valence-corrected chi connectivity index (χ2v) is 35.0. The number of carbonyl (C=O) groups excluding carboxylic acids is 3. The van der Waals surface area contributed by atoms with Crippen LogP contribution in [0.25, 0.3) is 0 Å². The van der Waals surface area contributed by atoms with Crippen LogP contribution in [-0.2, 0) is 55.8 Å². The van der Waals surface area contributed by atoms with Crippen molar-refractivity contribution in [2.75, 3.05) is 39.6 Å². The number of esters is 3. The van der Waals surface area contributed by atoms with E-state index in [0.717, 1.165) is 231 Å². The van der Waals surface area contributed by atoms with E-state index in [1.807, 2.05) is 0 Å². The van der Waals surface area contributed by atoms with Gasteiger partial charge in [-0.15, -0.1) is 0 Å². The molecule has 0 saturated heterocycles. The molecule has 0 aliphatic rings. The van der Waals surface area contributed by atoms with Crippen molar-refractivity contribution >= 4 is 33.6 Å². The highest BCUT2D eigenvalue weighted by Crippen LogP contribution is 2.45. The molecule has 0 aromatic rings. The van der Waals surface area contributed by atoms with Crippen molar-refractivity contribution in [3.05, 3.63) is 219 Å². The Morgan fingerprint density at radius 2 is 0.400 bits per heavy atom. The summed E-state index contributed by atoms with van der Waals surface area (Å²) in [5.74, 6) is -1.59. The number of unbranched alkanes of at least 4 members (excludes halogenated alkanes) is 32. The molecule has 0 fully saturated rings. The van der Waals surface area contributed by atoms with Gasteiger partial charge in [-0.05, 0) is 173 Å². The van der Waals surface area contributed by atoms with E-state index in [1.54, 1.807) is 0 Å². The van der Waals surface area contributed by atoms with Crippen LogP contribution >= 0.6 is 15.6 Å². The lowest BCUT2D eigenvalue weighted by molar-refractivity contribution is -0.161. The number of rotatable bonds is 91. The Bertz CT molecular complexity index is 3150. The molecule has 0 aliphatic heterocycles. The van der Waals surface area contributed by atoms with Crippen LogP contribution in [0.15, 0.2) is 219 Å². The summed E-state index contributed by atoms with van der Waals surface area (Å²) in [6.07, 6.45) is 133. The summed E-state index contributed by atoms with van der Waals surface area (Å²) in [4.78, 5) is 59.1. The van der Waals surface area contributed by atoms with E-state index in [4.69, 9.17) is 32.3 Å². The maximum atomic E-state index is 13.1. The lowest BCUT2D eigenvalue weighted by Gasteiger charge is -2.21. The van der Waals surface area contributed by atoms with Gasteiger partial charge in [0.25, 0.3) is 0 Å². The van der Waals surface area contributed by atoms with Gasteiger partial charge in [-0.25, -0.2) is 9.13 Å². The van der Waals surface area contributed by atoms with E-state index in [9.17, 15) is 43.5 Å². The first-order valence-corrected chi connectivity index (χ1v) is 52.0. The fourth-order valence-electron chi connectivity index (χ4n) is 12.9. The molecular formula is C107H176O16P2. The molecule has 0 aliphatic carbocycles. The van der Waals surface area contributed by atoms with E-state index in [2.05, 4.69) is 240 Å². The highest BCUT2D eigenvalue weighted by atomic mass is 31.2. The van der Waals surface area contributed by atoms with E-state index < -0.39 is 91.5 Å². The predicted octanol–water partition coefficient (Wildman–Crippen LogP) is 30.9. The number of ether oxygens (including phenoxy) is 3. The van der Waals surface area contributed by atoms with Gasteiger partial charge in [0.05, 0.1) is 26.4 Å². The largest absolute Gasteiger partial charge is 0.472 e. The van der Waals surface area contributed by atoms with Gasteiger partial charge < -0.3 is 34.2 Å². The first kappa shape index (κ1) is 119. The molecule has 0 aromatic heterocycles. The summed E-state index contributed by atoms with van der Waals surface area (Å²) < 4.78 is 61.6. The van der Waals surface area contributed by atoms with Gasteiger partial charge >= 0.3 is 33.6 Å². The van der Waals surface area contributed by atoms with Crippen LogP contribution in [0.3, 0.4) is 0 Å². The number of aliphatic hydroxyl groups excluding tert-OH is 2. The fraction of sp³-hybridized carbons (Fsp3) is 0.636. The van der Waals surface area contributed by atoms with Crippen LogP contribution in [0.1, 0.15) is 380 Å². The molecule has 0 aromatic carbocycles. The maximum absolute atomic E-state index is 13.1. The molecule has 5 unspecified atom stereocenters. The van der Waals surface area contributed by atoms with Crippen LogP contribution in [-0.4, -0.2) is 95.9 Å². The average Bonchev–Trinajstić information content (AvgIpc) is 0.906. The van der Waals surface area contributed by atoms with Gasteiger partial charge in [0, 0.05) is 19.3 Å². The highest BCUT2D eigenvalue weighted by Gasteiger charge is 2.30. The zero-order valence-electron chi connectivity index (χ0n) is 78.4. The Kier molecular flexibility index (Phi) is 92.2. The molecule has 0 rings (SSSR count). The normalized spacial score (nSPS) is 14.6. The van der Waals surface area contributed by atoms with Gasteiger partial charge in [-0.2, -0.15) is 0 Å². The highest BCUT2D eigenvalue weighted by molar-refractivity contribution is 7.47. The summed E-state index contributed by atoms with van der Waals surface area (Å²) in [5.41, 5.74) is 0. The summed E-state index contributed by atoms with van der Waals surface area (Å²) in [7, 11) is -9.83. The van der Waals surface area contributed by atoms with Gasteiger partial charge in [-0.3, -0.25) is 32.5 Å². The molecule has 4 N–H and O–H groups in total. The Balaban J connectivity index is 4.63. The summed E-state index contributed by atoms with van der Waals surface area (Å²) >= 11 is 0. The fourth-order valence-corrected chi connectivity index (χ4v) is 14.5. The van der Waals surface area contributed by atoms with Crippen molar-refractivity contribution in [1.29, 1.82) is 0 Å². The number of allylic oxidation sites excluding steroid dienone is 36. The van der Waals surface area contributed by atoms with Crippen molar-refractivity contribution < 1.29 is 75.8 Å². The van der Waals surface area contributed by atoms with E-state index in [0.29, 0.717) is 19.3 Å². The molecule has 16 nitrogen and oxygen atoms in total. The minimum absolute atomic E-state index is 0.0844. The van der Waals surface area contributed by atoms with Crippen LogP contribution < -0.4 is 0 Å². The first-order chi connectivity index (χ1) is 61.2. The van der Waals surface area contributed by atoms with Crippen molar-refractivity contribution in [2.45, 2.75) is 399 Å². The number of carbonyl (C=O) groups is 3. The van der Waals surface area contributed by atoms with Crippen LogP contribution in [0.2, 0.25) is 0 Å². The molecule has 0 bridgehead atoms. The third kappa shape index (κ3) is 98.3. The SMILES string of the molecule is CC/C=C\C/C=C\C/C=C\C/C=C\C/C=C\C/C=C\CCCCCCCCCCCCCCCCCCC(=O)OCC(O)COP(=O)(O)OCC(O)COP(=O)(O)OCC(COC(=O)CCCCCCCCCC/C=C\C/C=C\C/C=C\C/C=C\C/C=C\C/C=C\CC)OC(=O)CCCCCCCCCC/C=C\C/C=C\C/C=C\C/C=C\C/C=C\C/C=C\CC. The minimum atomic E-state index is -4.96. The van der Waals surface area contributed by atoms with E-state index in [-0.39, 0.29) is 19.3 Å². The Morgan fingerprint density at radius 1 is 0.224 bits per heavy atom. The molecule has 0 spiro atoms. The second-order valence-electron chi connectivity index (χ2n) is 32.1. The summed E-state index contributed by atoms with van der Waals surface area (Å²) in [6, 6.07) is 0. The number of phosphoric ester groups is 2. The Morgan fingerprint density at radius 3 is 0.632 bits per heavy atom. The van der Waals surface area contributed by atoms with Crippen LogP contribution in [0.4, 0.5) is 0 Å². The third-order valence-electron chi connectivity index (χ3n) is 20.2.